The molecule has 0 aliphatic carbocycles. The molecule has 0 radical (unpaired) electrons. The van der Waals surface area contributed by atoms with Crippen LogP contribution in [0.4, 0.5) is 0 Å². The molecule has 1 aromatic rings. The van der Waals surface area contributed by atoms with E-state index in [0.29, 0.717) is 18.0 Å². The summed E-state index contributed by atoms with van der Waals surface area (Å²) in [5.74, 6) is 0.0169. The van der Waals surface area contributed by atoms with Gasteiger partial charge in [0, 0.05) is 24.9 Å². The van der Waals surface area contributed by atoms with Gasteiger partial charge in [-0.1, -0.05) is 36.2 Å². The summed E-state index contributed by atoms with van der Waals surface area (Å²) in [6.07, 6.45) is 3.14. The van der Waals surface area contributed by atoms with E-state index in [1.54, 1.807) is 0 Å². The van der Waals surface area contributed by atoms with Crippen molar-refractivity contribution in [3.05, 3.63) is 34.9 Å². The predicted molar refractivity (Wildman–Crippen MR) is 85.2 cm³/mol. The van der Waals surface area contributed by atoms with Gasteiger partial charge in [-0.3, -0.25) is 9.59 Å². The van der Waals surface area contributed by atoms with Crippen molar-refractivity contribution in [1.82, 2.24) is 10.6 Å². The normalized spacial score (nSPS) is 11.8. The Morgan fingerprint density at radius 3 is 2.57 bits per heavy atom. The van der Waals surface area contributed by atoms with Crippen LogP contribution in [0.15, 0.2) is 24.3 Å². The van der Waals surface area contributed by atoms with E-state index < -0.39 is 0 Å². The van der Waals surface area contributed by atoms with E-state index >= 15 is 0 Å². The largest absolute Gasteiger partial charge is 0.356 e. The molecule has 1 aromatic carbocycles. The molecular formula is C16H23ClN2O2. The quantitative estimate of drug-likeness (QED) is 0.724. The van der Waals surface area contributed by atoms with Crippen LogP contribution in [0.3, 0.4) is 0 Å². The molecule has 0 aliphatic heterocycles. The van der Waals surface area contributed by atoms with E-state index in [9.17, 15) is 9.59 Å². The number of halogens is 1. The topological polar surface area (TPSA) is 58.2 Å². The third-order valence-corrected chi connectivity index (χ3v) is 3.55. The Morgan fingerprint density at radius 2 is 1.90 bits per heavy atom. The van der Waals surface area contributed by atoms with Crippen molar-refractivity contribution in [1.29, 1.82) is 0 Å². The lowest BCUT2D eigenvalue weighted by molar-refractivity contribution is -0.122. The Balaban J connectivity index is 2.22. The van der Waals surface area contributed by atoms with Crippen LogP contribution in [0.1, 0.15) is 51.1 Å². The zero-order valence-electron chi connectivity index (χ0n) is 12.6. The van der Waals surface area contributed by atoms with Crippen LogP contribution in [-0.4, -0.2) is 18.4 Å². The maximum atomic E-state index is 11.9. The first-order valence-corrected chi connectivity index (χ1v) is 7.66. The minimum absolute atomic E-state index is 0.0127. The molecule has 0 saturated heterocycles. The Morgan fingerprint density at radius 1 is 1.19 bits per heavy atom. The molecule has 21 heavy (non-hydrogen) atoms. The number of hydrogen-bond acceptors (Lipinski definition) is 2. The van der Waals surface area contributed by atoms with E-state index in [2.05, 4.69) is 10.6 Å². The minimum Gasteiger partial charge on any atom is -0.356 e. The number of amides is 2. The van der Waals surface area contributed by atoms with Crippen LogP contribution in [0.2, 0.25) is 5.02 Å². The van der Waals surface area contributed by atoms with Crippen molar-refractivity contribution in [3.63, 3.8) is 0 Å². The van der Waals surface area contributed by atoms with Gasteiger partial charge in [0.15, 0.2) is 0 Å². The highest BCUT2D eigenvalue weighted by atomic mass is 35.5. The summed E-state index contributed by atoms with van der Waals surface area (Å²) in [6, 6.07) is 7.43. The third kappa shape index (κ3) is 7.14. The number of carbonyl (C=O) groups is 2. The van der Waals surface area contributed by atoms with Gasteiger partial charge < -0.3 is 10.6 Å². The van der Waals surface area contributed by atoms with Gasteiger partial charge in [-0.15, -0.1) is 0 Å². The molecule has 0 fully saturated rings. The molecular weight excluding hydrogens is 288 g/mol. The van der Waals surface area contributed by atoms with Gasteiger partial charge in [-0.05, 0) is 31.4 Å². The Bertz CT molecular complexity index is 477. The smallest absolute Gasteiger partial charge is 0.220 e. The lowest BCUT2D eigenvalue weighted by Gasteiger charge is -2.15. The highest BCUT2D eigenvalue weighted by Gasteiger charge is 2.11. The molecule has 0 saturated carbocycles. The van der Waals surface area contributed by atoms with Crippen molar-refractivity contribution < 1.29 is 9.59 Å². The first kappa shape index (κ1) is 17.5. The molecule has 0 bridgehead atoms. The maximum Gasteiger partial charge on any atom is 0.220 e. The van der Waals surface area contributed by atoms with Crippen LogP contribution in [0.25, 0.3) is 0 Å². The van der Waals surface area contributed by atoms with Gasteiger partial charge >= 0.3 is 0 Å². The lowest BCUT2D eigenvalue weighted by Crippen LogP contribution is -2.26. The minimum atomic E-state index is -0.0921. The van der Waals surface area contributed by atoms with Gasteiger partial charge in [0.25, 0.3) is 0 Å². The molecule has 5 heteroatoms. The monoisotopic (exact) mass is 310 g/mol. The van der Waals surface area contributed by atoms with E-state index in [0.717, 1.165) is 24.8 Å². The summed E-state index contributed by atoms with van der Waals surface area (Å²) in [5.41, 5.74) is 0.929. The van der Waals surface area contributed by atoms with Gasteiger partial charge in [0.2, 0.25) is 11.8 Å². The van der Waals surface area contributed by atoms with Crippen molar-refractivity contribution in [3.8, 4) is 0 Å². The van der Waals surface area contributed by atoms with Crippen LogP contribution in [0, 0.1) is 0 Å². The van der Waals surface area contributed by atoms with Crippen LogP contribution < -0.4 is 10.6 Å². The molecule has 1 atom stereocenters. The third-order valence-electron chi connectivity index (χ3n) is 3.20. The molecule has 116 valence electrons. The van der Waals surface area contributed by atoms with Crippen LogP contribution in [-0.2, 0) is 9.59 Å². The molecule has 4 nitrogen and oxygen atoms in total. The molecule has 0 spiro atoms. The summed E-state index contributed by atoms with van der Waals surface area (Å²) in [4.78, 5) is 22.5. The number of unbranched alkanes of at least 4 members (excludes halogenated alkanes) is 2. The number of benzene rings is 1. The standard InChI is InChI=1S/C16H23ClN2O2/c1-12(14-8-5-6-9-15(14)17)19-16(21)10-4-3-7-11-18-13(2)20/h5-6,8-9,12H,3-4,7,10-11H2,1-2H3,(H,18,20)(H,19,21). The molecule has 2 amide bonds. The summed E-state index contributed by atoms with van der Waals surface area (Å²) in [7, 11) is 0. The fourth-order valence-corrected chi connectivity index (χ4v) is 2.37. The van der Waals surface area contributed by atoms with Crippen molar-refractivity contribution in [2.75, 3.05) is 6.54 Å². The van der Waals surface area contributed by atoms with E-state index in [-0.39, 0.29) is 17.9 Å². The number of nitrogens with one attached hydrogen (secondary N) is 2. The summed E-state index contributed by atoms with van der Waals surface area (Å²) in [6.45, 7) is 4.10. The zero-order valence-corrected chi connectivity index (χ0v) is 13.4. The fraction of sp³-hybridized carbons (Fsp3) is 0.500. The van der Waals surface area contributed by atoms with E-state index in [1.807, 2.05) is 31.2 Å². The molecule has 2 N–H and O–H groups in total. The van der Waals surface area contributed by atoms with Crippen molar-refractivity contribution in [2.24, 2.45) is 0 Å². The average molecular weight is 311 g/mol. The second kappa shape index (κ2) is 9.40. The molecule has 1 unspecified atom stereocenters. The Labute approximate surface area is 131 Å². The maximum absolute atomic E-state index is 11.9. The van der Waals surface area contributed by atoms with Gasteiger partial charge in [0.05, 0.1) is 6.04 Å². The fourth-order valence-electron chi connectivity index (χ4n) is 2.07. The second-order valence-electron chi connectivity index (χ2n) is 5.10. The number of carbonyl (C=O) groups excluding carboxylic acids is 2. The van der Waals surface area contributed by atoms with Crippen molar-refractivity contribution in [2.45, 2.75) is 45.6 Å². The van der Waals surface area contributed by atoms with Gasteiger partial charge in [-0.2, -0.15) is 0 Å². The van der Waals surface area contributed by atoms with Crippen LogP contribution >= 0.6 is 11.6 Å². The summed E-state index contributed by atoms with van der Waals surface area (Å²) < 4.78 is 0. The summed E-state index contributed by atoms with van der Waals surface area (Å²) >= 11 is 6.10. The second-order valence-corrected chi connectivity index (χ2v) is 5.51. The SMILES string of the molecule is CC(=O)NCCCCCC(=O)NC(C)c1ccccc1Cl. The van der Waals surface area contributed by atoms with E-state index in [4.69, 9.17) is 11.6 Å². The molecule has 0 aliphatic rings. The predicted octanol–water partition coefficient (Wildman–Crippen LogP) is 3.21. The zero-order chi connectivity index (χ0) is 15.7. The van der Waals surface area contributed by atoms with E-state index in [1.165, 1.54) is 6.92 Å². The Kier molecular flexibility index (Phi) is 7.83. The first-order valence-electron chi connectivity index (χ1n) is 7.29. The van der Waals surface area contributed by atoms with Crippen molar-refractivity contribution >= 4 is 23.4 Å². The lowest BCUT2D eigenvalue weighted by atomic mass is 10.1. The highest BCUT2D eigenvalue weighted by Crippen LogP contribution is 2.22. The average Bonchev–Trinajstić information content (AvgIpc) is 2.42. The molecule has 0 heterocycles. The first-order chi connectivity index (χ1) is 10.0. The van der Waals surface area contributed by atoms with Gasteiger partial charge in [0.1, 0.15) is 0 Å². The highest BCUT2D eigenvalue weighted by molar-refractivity contribution is 6.31. The molecule has 0 aromatic heterocycles. The van der Waals surface area contributed by atoms with Gasteiger partial charge in [-0.25, -0.2) is 0 Å². The number of hydrogen-bond donors (Lipinski definition) is 2. The Hall–Kier alpha value is -1.55. The summed E-state index contributed by atoms with van der Waals surface area (Å²) in [5, 5.41) is 6.36. The molecule has 1 rings (SSSR count). The van der Waals surface area contributed by atoms with Crippen LogP contribution in [0.5, 0.6) is 0 Å². The number of rotatable bonds is 8.